The highest BCUT2D eigenvalue weighted by Crippen LogP contribution is 2.16. The predicted molar refractivity (Wildman–Crippen MR) is 65.3 cm³/mol. The van der Waals surface area contributed by atoms with Crippen LogP contribution in [-0.2, 0) is 6.42 Å². The molecule has 0 radical (unpaired) electrons. The minimum atomic E-state index is 0.403. The smallest absolute Gasteiger partial charge is 0.0671 e. The molecule has 0 saturated heterocycles. The summed E-state index contributed by atoms with van der Waals surface area (Å²) in [4.78, 5) is 0. The van der Waals surface area contributed by atoms with Gasteiger partial charge in [0.15, 0.2) is 0 Å². The van der Waals surface area contributed by atoms with E-state index in [1.54, 1.807) is 4.68 Å². The molecule has 0 amide bonds. The quantitative estimate of drug-likeness (QED) is 0.846. The minimum Gasteiger partial charge on any atom is -0.240 e. The Labute approximate surface area is 102 Å². The molecule has 0 spiro atoms. The molecule has 0 saturated carbocycles. The van der Waals surface area contributed by atoms with Gasteiger partial charge in [-0.05, 0) is 25.1 Å². The summed E-state index contributed by atoms with van der Waals surface area (Å²) in [5.74, 6) is 0. The van der Waals surface area contributed by atoms with E-state index >= 15 is 0 Å². The van der Waals surface area contributed by atoms with E-state index in [2.05, 4.69) is 27.1 Å². The van der Waals surface area contributed by atoms with Gasteiger partial charge in [-0.2, -0.15) is 10.4 Å². The second-order valence-corrected chi connectivity index (χ2v) is 4.41. The topological polar surface area (TPSA) is 41.6 Å². The van der Waals surface area contributed by atoms with Crippen molar-refractivity contribution in [3.8, 4) is 11.8 Å². The van der Waals surface area contributed by atoms with Crippen molar-refractivity contribution in [2.45, 2.75) is 13.3 Å². The van der Waals surface area contributed by atoms with Crippen molar-refractivity contribution in [1.82, 2.24) is 9.78 Å². The number of benzene rings is 1. The Morgan fingerprint density at radius 3 is 3.00 bits per heavy atom. The summed E-state index contributed by atoms with van der Waals surface area (Å²) < 4.78 is 2.81. The maximum absolute atomic E-state index is 8.67. The first kappa shape index (κ1) is 10.9. The number of aryl methyl sites for hydroxylation is 1. The van der Waals surface area contributed by atoms with Crippen LogP contribution in [0.15, 0.2) is 34.9 Å². The van der Waals surface area contributed by atoms with Crippen LogP contribution in [-0.4, -0.2) is 9.78 Å². The normalized spacial score (nSPS) is 10.1. The van der Waals surface area contributed by atoms with E-state index < -0.39 is 0 Å². The monoisotopic (exact) mass is 275 g/mol. The number of nitriles is 1. The zero-order valence-electron chi connectivity index (χ0n) is 8.81. The molecule has 2 rings (SSSR count). The lowest BCUT2D eigenvalue weighted by Gasteiger charge is -2.00. The minimum absolute atomic E-state index is 0.403. The molecular weight excluding hydrogens is 266 g/mol. The molecule has 0 aliphatic carbocycles. The van der Waals surface area contributed by atoms with Crippen LogP contribution in [0.1, 0.15) is 11.3 Å². The molecular formula is C12H10BrN3. The van der Waals surface area contributed by atoms with Crippen LogP contribution in [0.2, 0.25) is 0 Å². The number of halogens is 1. The SMILES string of the molecule is Cc1nn(-c2cccc(Br)c2)cc1CC#N. The average molecular weight is 276 g/mol. The summed E-state index contributed by atoms with van der Waals surface area (Å²) in [6.45, 7) is 1.92. The molecule has 0 aliphatic heterocycles. The molecule has 1 aromatic heterocycles. The summed E-state index contributed by atoms with van der Waals surface area (Å²) >= 11 is 3.42. The standard InChI is InChI=1S/C12H10BrN3/c1-9-10(5-6-14)8-16(15-9)12-4-2-3-11(13)7-12/h2-4,7-8H,5H2,1H3. The molecule has 3 nitrogen and oxygen atoms in total. The van der Waals surface area contributed by atoms with Gasteiger partial charge in [-0.25, -0.2) is 4.68 Å². The zero-order valence-corrected chi connectivity index (χ0v) is 10.4. The van der Waals surface area contributed by atoms with Crippen LogP contribution in [0, 0.1) is 18.3 Å². The first-order valence-corrected chi connectivity index (χ1v) is 5.68. The lowest BCUT2D eigenvalue weighted by molar-refractivity contribution is 0.862. The highest BCUT2D eigenvalue weighted by Gasteiger charge is 2.05. The van der Waals surface area contributed by atoms with Gasteiger partial charge in [0.05, 0.1) is 23.9 Å². The first-order valence-electron chi connectivity index (χ1n) is 4.89. The summed E-state index contributed by atoms with van der Waals surface area (Å²) in [6.07, 6.45) is 2.31. The van der Waals surface area contributed by atoms with Crippen LogP contribution < -0.4 is 0 Å². The van der Waals surface area contributed by atoms with Crippen molar-refractivity contribution >= 4 is 15.9 Å². The first-order chi connectivity index (χ1) is 7.70. The third-order valence-electron chi connectivity index (χ3n) is 2.34. The molecule has 16 heavy (non-hydrogen) atoms. The van der Waals surface area contributed by atoms with Crippen LogP contribution in [0.25, 0.3) is 5.69 Å². The van der Waals surface area contributed by atoms with E-state index in [0.29, 0.717) is 6.42 Å². The maximum atomic E-state index is 8.67. The molecule has 80 valence electrons. The van der Waals surface area contributed by atoms with Crippen molar-refractivity contribution in [3.05, 3.63) is 46.2 Å². The summed E-state index contributed by atoms with van der Waals surface area (Å²) in [6, 6.07) is 10.0. The van der Waals surface area contributed by atoms with Gasteiger partial charge in [0.2, 0.25) is 0 Å². The lowest BCUT2D eigenvalue weighted by atomic mass is 10.2. The van der Waals surface area contributed by atoms with Crippen LogP contribution in [0.4, 0.5) is 0 Å². The molecule has 2 aromatic rings. The molecule has 0 bridgehead atoms. The van der Waals surface area contributed by atoms with Gasteiger partial charge in [-0.3, -0.25) is 0 Å². The Morgan fingerprint density at radius 1 is 1.50 bits per heavy atom. The van der Waals surface area contributed by atoms with Gasteiger partial charge < -0.3 is 0 Å². The average Bonchev–Trinajstić information content (AvgIpc) is 2.61. The molecule has 1 heterocycles. The van der Waals surface area contributed by atoms with Crippen molar-refractivity contribution < 1.29 is 0 Å². The second-order valence-electron chi connectivity index (χ2n) is 3.50. The fourth-order valence-corrected chi connectivity index (χ4v) is 1.89. The third kappa shape index (κ3) is 2.15. The Kier molecular flexibility index (Phi) is 3.07. The summed E-state index contributed by atoms with van der Waals surface area (Å²) in [7, 11) is 0. The molecule has 0 aliphatic rings. The Balaban J connectivity index is 2.42. The molecule has 4 heteroatoms. The van der Waals surface area contributed by atoms with Crippen molar-refractivity contribution in [2.75, 3.05) is 0 Å². The Morgan fingerprint density at radius 2 is 2.31 bits per heavy atom. The van der Waals surface area contributed by atoms with Gasteiger partial charge in [-0.15, -0.1) is 0 Å². The van der Waals surface area contributed by atoms with Crippen molar-refractivity contribution in [2.24, 2.45) is 0 Å². The number of nitrogens with zero attached hydrogens (tertiary/aromatic N) is 3. The van der Waals surface area contributed by atoms with E-state index in [0.717, 1.165) is 21.4 Å². The number of hydrogen-bond donors (Lipinski definition) is 0. The number of rotatable bonds is 2. The van der Waals surface area contributed by atoms with E-state index in [4.69, 9.17) is 5.26 Å². The summed E-state index contributed by atoms with van der Waals surface area (Å²) in [5.41, 5.74) is 2.87. The van der Waals surface area contributed by atoms with Gasteiger partial charge in [0.25, 0.3) is 0 Å². The van der Waals surface area contributed by atoms with Crippen LogP contribution in [0.3, 0.4) is 0 Å². The Bertz CT molecular complexity index is 552. The van der Waals surface area contributed by atoms with E-state index in [9.17, 15) is 0 Å². The molecule has 0 N–H and O–H groups in total. The summed E-state index contributed by atoms with van der Waals surface area (Å²) in [5, 5.41) is 13.1. The van der Waals surface area contributed by atoms with Crippen LogP contribution in [0.5, 0.6) is 0 Å². The van der Waals surface area contributed by atoms with Crippen LogP contribution >= 0.6 is 15.9 Å². The molecule has 0 fully saturated rings. The Hall–Kier alpha value is -1.60. The number of hydrogen-bond acceptors (Lipinski definition) is 2. The van der Waals surface area contributed by atoms with E-state index in [-0.39, 0.29) is 0 Å². The molecule has 1 aromatic carbocycles. The third-order valence-corrected chi connectivity index (χ3v) is 2.84. The lowest BCUT2D eigenvalue weighted by Crippen LogP contribution is -1.94. The fourth-order valence-electron chi connectivity index (χ4n) is 1.51. The molecule has 0 atom stereocenters. The number of aromatic nitrogens is 2. The largest absolute Gasteiger partial charge is 0.240 e. The second kappa shape index (κ2) is 4.50. The zero-order chi connectivity index (χ0) is 11.5. The maximum Gasteiger partial charge on any atom is 0.0671 e. The van der Waals surface area contributed by atoms with Crippen molar-refractivity contribution in [3.63, 3.8) is 0 Å². The van der Waals surface area contributed by atoms with Gasteiger partial charge in [0, 0.05) is 16.2 Å². The molecule has 0 unspecified atom stereocenters. The van der Waals surface area contributed by atoms with Gasteiger partial charge in [-0.1, -0.05) is 22.0 Å². The van der Waals surface area contributed by atoms with Gasteiger partial charge in [0.1, 0.15) is 0 Å². The van der Waals surface area contributed by atoms with Crippen molar-refractivity contribution in [1.29, 1.82) is 5.26 Å². The predicted octanol–water partition coefficient (Wildman–Crippen LogP) is 3.01. The van der Waals surface area contributed by atoms with E-state index in [1.165, 1.54) is 0 Å². The van der Waals surface area contributed by atoms with Gasteiger partial charge >= 0.3 is 0 Å². The highest BCUT2D eigenvalue weighted by molar-refractivity contribution is 9.10. The van der Waals surface area contributed by atoms with E-state index in [1.807, 2.05) is 37.4 Å². The fraction of sp³-hybridized carbons (Fsp3) is 0.167. The highest BCUT2D eigenvalue weighted by atomic mass is 79.9.